The molecule has 0 fully saturated rings. The molecule has 0 unspecified atom stereocenters. The van der Waals surface area contributed by atoms with E-state index in [1.54, 1.807) is 4.90 Å². The summed E-state index contributed by atoms with van der Waals surface area (Å²) in [4.78, 5) is 13.2. The van der Waals surface area contributed by atoms with Gasteiger partial charge in [0.2, 0.25) is 5.91 Å². The molecule has 6 heteroatoms. The number of amides is 1. The third-order valence-corrected chi connectivity index (χ3v) is 2.77. The number of halogens is 3. The van der Waals surface area contributed by atoms with Crippen molar-refractivity contribution in [1.29, 1.82) is 0 Å². The summed E-state index contributed by atoms with van der Waals surface area (Å²) >= 11 is 0. The van der Waals surface area contributed by atoms with E-state index in [9.17, 15) is 18.0 Å². The first-order valence-electron chi connectivity index (χ1n) is 5.68. The molecule has 1 amide bonds. The Balaban J connectivity index is 2.40. The van der Waals surface area contributed by atoms with Crippen molar-refractivity contribution in [3.05, 3.63) is 23.8 Å². The second-order valence-corrected chi connectivity index (χ2v) is 4.20. The second kappa shape index (κ2) is 4.51. The lowest BCUT2D eigenvalue weighted by atomic mass is 10.1. The summed E-state index contributed by atoms with van der Waals surface area (Å²) in [6.07, 6.45) is -3.57. The molecule has 0 saturated carbocycles. The SMILES string of the molecule is CCCN1CC(=O)Nc2cc(C(F)(F)F)ccc21. The van der Waals surface area contributed by atoms with Crippen LogP contribution in [0.4, 0.5) is 24.5 Å². The average molecular weight is 258 g/mol. The van der Waals surface area contributed by atoms with Crippen molar-refractivity contribution in [2.45, 2.75) is 19.5 Å². The number of nitrogens with zero attached hydrogens (tertiary/aromatic N) is 1. The van der Waals surface area contributed by atoms with E-state index in [1.165, 1.54) is 6.07 Å². The molecule has 0 saturated heterocycles. The number of anilines is 2. The maximum atomic E-state index is 12.6. The van der Waals surface area contributed by atoms with E-state index in [1.807, 2.05) is 6.92 Å². The molecular formula is C12H13F3N2O. The van der Waals surface area contributed by atoms with E-state index in [-0.39, 0.29) is 18.1 Å². The van der Waals surface area contributed by atoms with Crippen LogP contribution in [-0.4, -0.2) is 19.0 Å². The monoisotopic (exact) mass is 258 g/mol. The quantitative estimate of drug-likeness (QED) is 0.884. The van der Waals surface area contributed by atoms with Gasteiger partial charge in [-0.25, -0.2) is 0 Å². The van der Waals surface area contributed by atoms with Gasteiger partial charge in [-0.3, -0.25) is 4.79 Å². The van der Waals surface area contributed by atoms with Crippen molar-refractivity contribution in [1.82, 2.24) is 0 Å². The number of rotatable bonds is 2. The molecule has 0 aromatic heterocycles. The molecule has 0 radical (unpaired) electrons. The lowest BCUT2D eigenvalue weighted by Gasteiger charge is -2.31. The van der Waals surface area contributed by atoms with Crippen LogP contribution in [-0.2, 0) is 11.0 Å². The third-order valence-electron chi connectivity index (χ3n) is 2.77. The average Bonchev–Trinajstić information content (AvgIpc) is 2.27. The first-order chi connectivity index (χ1) is 8.41. The standard InChI is InChI=1S/C12H13F3N2O/c1-2-5-17-7-11(18)16-9-6-8(12(13,14)15)3-4-10(9)17/h3-4,6H,2,5,7H2,1H3,(H,16,18). The third kappa shape index (κ3) is 2.42. The fraction of sp³-hybridized carbons (Fsp3) is 0.417. The molecule has 0 spiro atoms. The fourth-order valence-electron chi connectivity index (χ4n) is 2.01. The van der Waals surface area contributed by atoms with E-state index >= 15 is 0 Å². The Morgan fingerprint density at radius 1 is 1.39 bits per heavy atom. The Morgan fingerprint density at radius 2 is 2.11 bits per heavy atom. The molecule has 1 N–H and O–H groups in total. The van der Waals surface area contributed by atoms with Crippen LogP contribution in [0.2, 0.25) is 0 Å². The van der Waals surface area contributed by atoms with Crippen molar-refractivity contribution >= 4 is 17.3 Å². The number of benzene rings is 1. The molecule has 1 aliphatic heterocycles. The number of alkyl halides is 3. The fourth-order valence-corrected chi connectivity index (χ4v) is 2.01. The lowest BCUT2D eigenvalue weighted by Crippen LogP contribution is -2.38. The van der Waals surface area contributed by atoms with Gasteiger partial charge in [0.25, 0.3) is 0 Å². The zero-order valence-corrected chi connectivity index (χ0v) is 9.84. The number of hydrogen-bond acceptors (Lipinski definition) is 2. The largest absolute Gasteiger partial charge is 0.416 e. The Morgan fingerprint density at radius 3 is 2.72 bits per heavy atom. The van der Waals surface area contributed by atoms with Crippen LogP contribution in [0.1, 0.15) is 18.9 Å². The Labute approximate surface area is 103 Å². The summed E-state index contributed by atoms with van der Waals surface area (Å²) in [5.41, 5.74) is 0.124. The smallest absolute Gasteiger partial charge is 0.361 e. The van der Waals surface area contributed by atoms with Gasteiger partial charge in [0.15, 0.2) is 0 Å². The minimum Gasteiger partial charge on any atom is -0.361 e. The first kappa shape index (κ1) is 12.7. The molecule has 98 valence electrons. The molecule has 2 rings (SSSR count). The number of carbonyl (C=O) groups is 1. The van der Waals surface area contributed by atoms with Gasteiger partial charge in [-0.05, 0) is 24.6 Å². The molecule has 1 aliphatic rings. The minimum absolute atomic E-state index is 0.187. The minimum atomic E-state index is -4.40. The van der Waals surface area contributed by atoms with E-state index in [2.05, 4.69) is 5.32 Å². The van der Waals surface area contributed by atoms with Crippen LogP contribution in [0, 0.1) is 0 Å². The number of hydrogen-bond donors (Lipinski definition) is 1. The zero-order valence-electron chi connectivity index (χ0n) is 9.84. The summed E-state index contributed by atoms with van der Waals surface area (Å²) in [5, 5.41) is 2.48. The topological polar surface area (TPSA) is 32.3 Å². The number of fused-ring (bicyclic) bond motifs is 1. The summed E-state index contributed by atoms with van der Waals surface area (Å²) in [6.45, 7) is 2.79. The highest BCUT2D eigenvalue weighted by Crippen LogP contribution is 2.36. The van der Waals surface area contributed by atoms with Crippen LogP contribution in [0.3, 0.4) is 0 Å². The molecule has 1 aromatic carbocycles. The highest BCUT2D eigenvalue weighted by molar-refractivity contribution is 6.01. The van der Waals surface area contributed by atoms with Crippen LogP contribution < -0.4 is 10.2 Å². The van der Waals surface area contributed by atoms with Crippen molar-refractivity contribution < 1.29 is 18.0 Å². The summed E-state index contributed by atoms with van der Waals surface area (Å²) in [6, 6.07) is 3.43. The maximum Gasteiger partial charge on any atom is 0.416 e. The molecule has 0 aliphatic carbocycles. The maximum absolute atomic E-state index is 12.6. The van der Waals surface area contributed by atoms with E-state index in [0.29, 0.717) is 12.2 Å². The van der Waals surface area contributed by atoms with Gasteiger partial charge in [0.05, 0.1) is 23.5 Å². The summed E-state index contributed by atoms with van der Waals surface area (Å²) in [5.74, 6) is -0.282. The molecule has 0 atom stereocenters. The van der Waals surface area contributed by atoms with Gasteiger partial charge in [0.1, 0.15) is 0 Å². The van der Waals surface area contributed by atoms with Gasteiger partial charge in [0, 0.05) is 6.54 Å². The van der Waals surface area contributed by atoms with Gasteiger partial charge < -0.3 is 10.2 Å². The molecule has 0 bridgehead atoms. The molecule has 18 heavy (non-hydrogen) atoms. The number of nitrogens with one attached hydrogen (secondary N) is 1. The molecule has 3 nitrogen and oxygen atoms in total. The lowest BCUT2D eigenvalue weighted by molar-refractivity contribution is -0.137. The predicted octanol–water partition coefficient (Wildman–Crippen LogP) is 2.87. The van der Waals surface area contributed by atoms with Gasteiger partial charge in [-0.2, -0.15) is 13.2 Å². The Hall–Kier alpha value is -1.72. The first-order valence-corrected chi connectivity index (χ1v) is 5.68. The highest BCUT2D eigenvalue weighted by Gasteiger charge is 2.32. The van der Waals surface area contributed by atoms with Crippen LogP contribution >= 0.6 is 0 Å². The predicted molar refractivity (Wildman–Crippen MR) is 62.6 cm³/mol. The van der Waals surface area contributed by atoms with Crippen molar-refractivity contribution in [2.75, 3.05) is 23.3 Å². The summed E-state index contributed by atoms with van der Waals surface area (Å²) in [7, 11) is 0. The molecule has 1 aromatic rings. The van der Waals surface area contributed by atoms with Gasteiger partial charge in [-0.1, -0.05) is 6.92 Å². The van der Waals surface area contributed by atoms with Gasteiger partial charge in [-0.15, -0.1) is 0 Å². The highest BCUT2D eigenvalue weighted by atomic mass is 19.4. The van der Waals surface area contributed by atoms with Crippen LogP contribution in [0.15, 0.2) is 18.2 Å². The van der Waals surface area contributed by atoms with E-state index in [0.717, 1.165) is 18.6 Å². The van der Waals surface area contributed by atoms with E-state index in [4.69, 9.17) is 0 Å². The van der Waals surface area contributed by atoms with Crippen molar-refractivity contribution in [2.24, 2.45) is 0 Å². The van der Waals surface area contributed by atoms with Crippen LogP contribution in [0.25, 0.3) is 0 Å². The second-order valence-electron chi connectivity index (χ2n) is 4.20. The van der Waals surface area contributed by atoms with Crippen molar-refractivity contribution in [3.63, 3.8) is 0 Å². The number of carbonyl (C=O) groups excluding carboxylic acids is 1. The van der Waals surface area contributed by atoms with Crippen LogP contribution in [0.5, 0.6) is 0 Å². The zero-order chi connectivity index (χ0) is 13.3. The Bertz CT molecular complexity index is 471. The normalized spacial score (nSPS) is 15.3. The van der Waals surface area contributed by atoms with E-state index < -0.39 is 11.7 Å². The van der Waals surface area contributed by atoms with Crippen molar-refractivity contribution in [3.8, 4) is 0 Å². The summed E-state index contributed by atoms with van der Waals surface area (Å²) < 4.78 is 37.7. The molecular weight excluding hydrogens is 245 g/mol. The Kier molecular flexibility index (Phi) is 3.19. The van der Waals surface area contributed by atoms with Gasteiger partial charge >= 0.3 is 6.18 Å². The molecule has 1 heterocycles.